The molecule has 100 valence electrons. The summed E-state index contributed by atoms with van der Waals surface area (Å²) in [5.74, 6) is -0.895. The molecule has 0 saturated carbocycles. The third kappa shape index (κ3) is 5.29. The Hall–Kier alpha value is -1.39. The molecule has 18 heavy (non-hydrogen) atoms. The average molecular weight is 251 g/mol. The molecular formula is C14H21NO3. The summed E-state index contributed by atoms with van der Waals surface area (Å²) in [5, 5.41) is 18.3. The fourth-order valence-corrected chi connectivity index (χ4v) is 1.69. The van der Waals surface area contributed by atoms with E-state index < -0.39 is 17.6 Å². The number of carboxylic acid groups (broad SMARTS) is 1. The molecule has 0 aliphatic rings. The van der Waals surface area contributed by atoms with Gasteiger partial charge in [0.2, 0.25) is 0 Å². The van der Waals surface area contributed by atoms with E-state index in [0.29, 0.717) is 6.42 Å². The third-order valence-electron chi connectivity index (χ3n) is 2.83. The smallest absolute Gasteiger partial charge is 0.305 e. The number of carbonyl (C=O) groups is 1. The number of aliphatic hydroxyl groups is 1. The minimum Gasteiger partial charge on any atom is -0.481 e. The van der Waals surface area contributed by atoms with Crippen LogP contribution in [-0.4, -0.2) is 21.8 Å². The van der Waals surface area contributed by atoms with E-state index in [-0.39, 0.29) is 6.42 Å². The number of hydrogen-bond donors (Lipinski definition) is 3. The molecule has 0 radical (unpaired) electrons. The average Bonchev–Trinajstić information content (AvgIpc) is 2.25. The molecule has 0 aliphatic heterocycles. The third-order valence-corrected chi connectivity index (χ3v) is 2.83. The molecule has 0 amide bonds. The van der Waals surface area contributed by atoms with Gasteiger partial charge in [-0.1, -0.05) is 24.3 Å². The number of rotatable bonds is 6. The molecule has 1 rings (SSSR count). The van der Waals surface area contributed by atoms with E-state index in [1.807, 2.05) is 24.3 Å². The Labute approximate surface area is 107 Å². The van der Waals surface area contributed by atoms with Crippen molar-refractivity contribution in [3.05, 3.63) is 35.4 Å². The summed E-state index contributed by atoms with van der Waals surface area (Å²) in [7, 11) is 0. The zero-order valence-electron chi connectivity index (χ0n) is 10.9. The summed E-state index contributed by atoms with van der Waals surface area (Å²) in [4.78, 5) is 10.6. The van der Waals surface area contributed by atoms with Crippen molar-refractivity contribution in [3.8, 4) is 0 Å². The van der Waals surface area contributed by atoms with Crippen molar-refractivity contribution < 1.29 is 15.0 Å². The van der Waals surface area contributed by atoms with E-state index in [0.717, 1.165) is 17.5 Å². The van der Waals surface area contributed by atoms with Gasteiger partial charge in [-0.15, -0.1) is 0 Å². The first-order valence-corrected chi connectivity index (χ1v) is 6.06. The van der Waals surface area contributed by atoms with Gasteiger partial charge in [0, 0.05) is 6.04 Å². The van der Waals surface area contributed by atoms with Crippen molar-refractivity contribution in [2.45, 2.75) is 44.8 Å². The summed E-state index contributed by atoms with van der Waals surface area (Å²) in [6, 6.07) is 7.11. The van der Waals surface area contributed by atoms with Crippen LogP contribution in [0.25, 0.3) is 0 Å². The molecule has 0 bridgehead atoms. The predicted molar refractivity (Wildman–Crippen MR) is 70.2 cm³/mol. The molecule has 0 spiro atoms. The molecule has 4 nitrogen and oxygen atoms in total. The summed E-state index contributed by atoms with van der Waals surface area (Å²) in [6.07, 6.45) is 1.41. The molecule has 1 aromatic carbocycles. The zero-order chi connectivity index (χ0) is 13.8. The van der Waals surface area contributed by atoms with Crippen LogP contribution in [0, 0.1) is 0 Å². The second-order valence-electron chi connectivity index (χ2n) is 5.26. The molecule has 0 aliphatic carbocycles. The number of carboxylic acids is 1. The second kappa shape index (κ2) is 5.98. The van der Waals surface area contributed by atoms with Crippen LogP contribution in [0.1, 0.15) is 43.9 Å². The number of nitrogens with two attached hydrogens (primary N) is 1. The summed E-state index contributed by atoms with van der Waals surface area (Å²) in [5.41, 5.74) is 7.04. The number of aliphatic carboxylic acids is 1. The monoisotopic (exact) mass is 251 g/mol. The Morgan fingerprint density at radius 3 is 2.33 bits per heavy atom. The lowest BCUT2D eigenvalue weighted by atomic mass is 9.97. The van der Waals surface area contributed by atoms with Crippen molar-refractivity contribution in [1.82, 2.24) is 0 Å². The van der Waals surface area contributed by atoms with Crippen LogP contribution in [0.5, 0.6) is 0 Å². The van der Waals surface area contributed by atoms with Crippen molar-refractivity contribution in [3.63, 3.8) is 0 Å². The molecule has 4 N–H and O–H groups in total. The van der Waals surface area contributed by atoms with Crippen LogP contribution in [0.15, 0.2) is 24.3 Å². The second-order valence-corrected chi connectivity index (χ2v) is 5.26. The van der Waals surface area contributed by atoms with Crippen LogP contribution in [0.4, 0.5) is 0 Å². The Bertz CT molecular complexity index is 392. The number of aryl methyl sites for hydroxylation is 1. The first kappa shape index (κ1) is 14.7. The Morgan fingerprint density at radius 1 is 1.33 bits per heavy atom. The van der Waals surface area contributed by atoms with Crippen molar-refractivity contribution >= 4 is 5.97 Å². The Balaban J connectivity index is 2.60. The largest absolute Gasteiger partial charge is 0.481 e. The highest BCUT2D eigenvalue weighted by Gasteiger charge is 2.13. The van der Waals surface area contributed by atoms with Crippen LogP contribution in [0.3, 0.4) is 0 Å². The van der Waals surface area contributed by atoms with Gasteiger partial charge in [0.05, 0.1) is 12.0 Å². The van der Waals surface area contributed by atoms with E-state index >= 15 is 0 Å². The van der Waals surface area contributed by atoms with Gasteiger partial charge in [-0.3, -0.25) is 4.79 Å². The quantitative estimate of drug-likeness (QED) is 0.720. The van der Waals surface area contributed by atoms with Gasteiger partial charge in [-0.2, -0.15) is 0 Å². The highest BCUT2D eigenvalue weighted by atomic mass is 16.4. The van der Waals surface area contributed by atoms with Gasteiger partial charge in [-0.05, 0) is 37.8 Å². The maximum absolute atomic E-state index is 10.6. The van der Waals surface area contributed by atoms with Crippen LogP contribution >= 0.6 is 0 Å². The number of hydrogen-bond acceptors (Lipinski definition) is 3. The maximum atomic E-state index is 10.6. The molecule has 0 heterocycles. The molecule has 4 heteroatoms. The topological polar surface area (TPSA) is 83.5 Å². The molecule has 1 atom stereocenters. The standard InChI is InChI=1S/C14H21NO3/c1-14(2,18)8-7-10-3-5-11(6-4-10)12(15)9-13(16)17/h3-6,12,18H,7-9,15H2,1-2H3,(H,16,17). The molecule has 1 aromatic rings. The first-order valence-electron chi connectivity index (χ1n) is 6.06. The highest BCUT2D eigenvalue weighted by molar-refractivity contribution is 5.67. The van der Waals surface area contributed by atoms with E-state index in [1.165, 1.54) is 0 Å². The van der Waals surface area contributed by atoms with Gasteiger partial charge < -0.3 is 15.9 Å². The molecule has 0 aromatic heterocycles. The zero-order valence-corrected chi connectivity index (χ0v) is 10.9. The van der Waals surface area contributed by atoms with Gasteiger partial charge in [0.25, 0.3) is 0 Å². The van der Waals surface area contributed by atoms with E-state index in [4.69, 9.17) is 10.8 Å². The lowest BCUT2D eigenvalue weighted by molar-refractivity contribution is -0.137. The van der Waals surface area contributed by atoms with E-state index in [1.54, 1.807) is 13.8 Å². The first-order chi connectivity index (χ1) is 8.28. The van der Waals surface area contributed by atoms with Crippen LogP contribution in [0.2, 0.25) is 0 Å². The van der Waals surface area contributed by atoms with Crippen LogP contribution < -0.4 is 5.73 Å². The van der Waals surface area contributed by atoms with Gasteiger partial charge >= 0.3 is 5.97 Å². The summed E-state index contributed by atoms with van der Waals surface area (Å²) < 4.78 is 0. The molecule has 0 fully saturated rings. The van der Waals surface area contributed by atoms with Crippen molar-refractivity contribution in [1.29, 1.82) is 0 Å². The Kier molecular flexibility index (Phi) is 4.87. The minimum absolute atomic E-state index is 0.0665. The minimum atomic E-state index is -0.895. The summed E-state index contributed by atoms with van der Waals surface area (Å²) >= 11 is 0. The highest BCUT2D eigenvalue weighted by Crippen LogP contribution is 2.17. The lowest BCUT2D eigenvalue weighted by Gasteiger charge is -2.17. The van der Waals surface area contributed by atoms with Crippen molar-refractivity contribution in [2.75, 3.05) is 0 Å². The van der Waals surface area contributed by atoms with E-state index in [2.05, 4.69) is 0 Å². The SMILES string of the molecule is CC(C)(O)CCc1ccc(C(N)CC(=O)O)cc1. The molecule has 0 saturated heterocycles. The number of benzene rings is 1. The normalized spacial score (nSPS) is 13.3. The molecular weight excluding hydrogens is 230 g/mol. The van der Waals surface area contributed by atoms with Crippen molar-refractivity contribution in [2.24, 2.45) is 5.73 Å². The van der Waals surface area contributed by atoms with E-state index in [9.17, 15) is 9.90 Å². The summed E-state index contributed by atoms with van der Waals surface area (Å²) in [6.45, 7) is 3.56. The molecule has 1 unspecified atom stereocenters. The Morgan fingerprint density at radius 2 is 1.89 bits per heavy atom. The predicted octanol–water partition coefficient (Wildman–Crippen LogP) is 1.86. The van der Waals surface area contributed by atoms with Gasteiger partial charge in [0.15, 0.2) is 0 Å². The fraction of sp³-hybridized carbons (Fsp3) is 0.500. The maximum Gasteiger partial charge on any atom is 0.305 e. The van der Waals surface area contributed by atoms with Gasteiger partial charge in [-0.25, -0.2) is 0 Å². The fourth-order valence-electron chi connectivity index (χ4n) is 1.69. The van der Waals surface area contributed by atoms with Gasteiger partial charge in [0.1, 0.15) is 0 Å². The lowest BCUT2D eigenvalue weighted by Crippen LogP contribution is -2.19. The van der Waals surface area contributed by atoms with Crippen LogP contribution in [-0.2, 0) is 11.2 Å².